The molecule has 0 spiro atoms. The molecule has 0 saturated carbocycles. The first-order valence-electron chi connectivity index (χ1n) is 4.97. The van der Waals surface area contributed by atoms with Crippen LogP contribution in [0.4, 0.5) is 0 Å². The summed E-state index contributed by atoms with van der Waals surface area (Å²) in [6.45, 7) is 6.99. The molecular formula is C11H17ClN2. The monoisotopic (exact) mass is 212 g/mol. The highest BCUT2D eigenvalue weighted by Gasteiger charge is 2.03. The second-order valence-electron chi connectivity index (χ2n) is 3.33. The minimum absolute atomic E-state index is 0.680. The van der Waals surface area contributed by atoms with Gasteiger partial charge in [0.05, 0.1) is 5.69 Å². The Morgan fingerprint density at radius 3 is 2.79 bits per heavy atom. The van der Waals surface area contributed by atoms with E-state index in [-0.39, 0.29) is 0 Å². The lowest BCUT2D eigenvalue weighted by molar-refractivity contribution is 0.294. The Kier molecular flexibility index (Phi) is 4.91. The van der Waals surface area contributed by atoms with Crippen molar-refractivity contribution in [2.24, 2.45) is 0 Å². The van der Waals surface area contributed by atoms with E-state index in [0.717, 1.165) is 31.0 Å². The standard InChI is InChI=1S/C11H17ClN2/c1-3-14(8-7-12)9-11-6-4-5-10(2)13-11/h4-6H,3,7-9H2,1-2H3. The maximum absolute atomic E-state index is 5.71. The predicted octanol–water partition coefficient (Wildman–Crippen LogP) is 2.45. The zero-order valence-electron chi connectivity index (χ0n) is 8.83. The molecule has 2 nitrogen and oxygen atoms in total. The van der Waals surface area contributed by atoms with E-state index in [4.69, 9.17) is 11.6 Å². The maximum atomic E-state index is 5.71. The minimum Gasteiger partial charge on any atom is -0.297 e. The van der Waals surface area contributed by atoms with Crippen molar-refractivity contribution >= 4 is 11.6 Å². The van der Waals surface area contributed by atoms with E-state index in [1.165, 1.54) is 0 Å². The number of halogens is 1. The highest BCUT2D eigenvalue weighted by molar-refractivity contribution is 6.18. The first-order valence-corrected chi connectivity index (χ1v) is 5.50. The quantitative estimate of drug-likeness (QED) is 0.698. The molecule has 14 heavy (non-hydrogen) atoms. The maximum Gasteiger partial charge on any atom is 0.0547 e. The van der Waals surface area contributed by atoms with Crippen molar-refractivity contribution in [2.45, 2.75) is 20.4 Å². The van der Waals surface area contributed by atoms with Gasteiger partial charge in [-0.15, -0.1) is 11.6 Å². The van der Waals surface area contributed by atoms with Crippen molar-refractivity contribution in [2.75, 3.05) is 19.0 Å². The third-order valence-corrected chi connectivity index (χ3v) is 2.35. The highest BCUT2D eigenvalue weighted by Crippen LogP contribution is 2.03. The van der Waals surface area contributed by atoms with Crippen LogP contribution < -0.4 is 0 Å². The molecule has 78 valence electrons. The van der Waals surface area contributed by atoms with Crippen molar-refractivity contribution in [1.82, 2.24) is 9.88 Å². The van der Waals surface area contributed by atoms with Gasteiger partial charge in [0.15, 0.2) is 0 Å². The van der Waals surface area contributed by atoms with Crippen molar-refractivity contribution in [1.29, 1.82) is 0 Å². The van der Waals surface area contributed by atoms with Crippen LogP contribution in [0, 0.1) is 6.92 Å². The molecule has 0 N–H and O–H groups in total. The normalized spacial score (nSPS) is 10.9. The molecule has 3 heteroatoms. The van der Waals surface area contributed by atoms with Crippen molar-refractivity contribution < 1.29 is 0 Å². The first kappa shape index (κ1) is 11.5. The molecule has 0 saturated heterocycles. The molecule has 0 aliphatic heterocycles. The van der Waals surface area contributed by atoms with E-state index in [9.17, 15) is 0 Å². The number of rotatable bonds is 5. The molecule has 0 aliphatic carbocycles. The lowest BCUT2D eigenvalue weighted by Gasteiger charge is -2.18. The summed E-state index contributed by atoms with van der Waals surface area (Å²) in [4.78, 5) is 6.74. The van der Waals surface area contributed by atoms with Crippen LogP contribution in [-0.2, 0) is 6.54 Å². The fourth-order valence-electron chi connectivity index (χ4n) is 1.39. The van der Waals surface area contributed by atoms with Gasteiger partial charge in [0.1, 0.15) is 0 Å². The second kappa shape index (κ2) is 5.99. The molecule has 0 aromatic carbocycles. The van der Waals surface area contributed by atoms with Gasteiger partial charge in [-0.05, 0) is 25.6 Å². The zero-order valence-corrected chi connectivity index (χ0v) is 9.59. The van der Waals surface area contributed by atoms with Crippen LogP contribution >= 0.6 is 11.6 Å². The molecule has 1 heterocycles. The Labute approximate surface area is 90.9 Å². The highest BCUT2D eigenvalue weighted by atomic mass is 35.5. The smallest absolute Gasteiger partial charge is 0.0547 e. The summed E-state index contributed by atoms with van der Waals surface area (Å²) in [6.07, 6.45) is 0. The van der Waals surface area contributed by atoms with E-state index in [1.807, 2.05) is 19.1 Å². The lowest BCUT2D eigenvalue weighted by atomic mass is 10.3. The molecule has 0 bridgehead atoms. The van der Waals surface area contributed by atoms with Crippen LogP contribution in [0.2, 0.25) is 0 Å². The van der Waals surface area contributed by atoms with Gasteiger partial charge in [-0.1, -0.05) is 13.0 Å². The van der Waals surface area contributed by atoms with Crippen LogP contribution in [0.3, 0.4) is 0 Å². The Morgan fingerprint density at radius 2 is 2.21 bits per heavy atom. The average molecular weight is 213 g/mol. The molecule has 0 atom stereocenters. The third-order valence-electron chi connectivity index (χ3n) is 2.18. The number of pyridine rings is 1. The number of hydrogen-bond donors (Lipinski definition) is 0. The molecule has 0 radical (unpaired) electrons. The predicted molar refractivity (Wildman–Crippen MR) is 60.6 cm³/mol. The topological polar surface area (TPSA) is 16.1 Å². The number of hydrogen-bond acceptors (Lipinski definition) is 2. The summed E-state index contributed by atoms with van der Waals surface area (Å²) in [7, 11) is 0. The summed E-state index contributed by atoms with van der Waals surface area (Å²) < 4.78 is 0. The Balaban J connectivity index is 2.57. The second-order valence-corrected chi connectivity index (χ2v) is 3.71. The van der Waals surface area contributed by atoms with E-state index in [0.29, 0.717) is 5.88 Å². The van der Waals surface area contributed by atoms with Crippen molar-refractivity contribution in [3.63, 3.8) is 0 Å². The Bertz CT molecular complexity index is 276. The Morgan fingerprint density at radius 1 is 1.43 bits per heavy atom. The minimum atomic E-state index is 0.680. The van der Waals surface area contributed by atoms with Crippen molar-refractivity contribution in [3.8, 4) is 0 Å². The van der Waals surface area contributed by atoms with Gasteiger partial charge < -0.3 is 0 Å². The molecule has 1 rings (SSSR count). The SMILES string of the molecule is CCN(CCCl)Cc1cccc(C)n1. The summed E-state index contributed by atoms with van der Waals surface area (Å²) in [5.41, 5.74) is 2.20. The molecule has 0 fully saturated rings. The van der Waals surface area contributed by atoms with Gasteiger partial charge in [0.2, 0.25) is 0 Å². The fourth-order valence-corrected chi connectivity index (χ4v) is 1.62. The Hall–Kier alpha value is -0.600. The van der Waals surface area contributed by atoms with Gasteiger partial charge >= 0.3 is 0 Å². The number of aromatic nitrogens is 1. The summed E-state index contributed by atoms with van der Waals surface area (Å²) in [6, 6.07) is 6.12. The van der Waals surface area contributed by atoms with Crippen LogP contribution in [0.1, 0.15) is 18.3 Å². The van der Waals surface area contributed by atoms with Crippen LogP contribution in [0.15, 0.2) is 18.2 Å². The fraction of sp³-hybridized carbons (Fsp3) is 0.545. The van der Waals surface area contributed by atoms with E-state index in [2.05, 4.69) is 22.9 Å². The molecule has 0 amide bonds. The van der Waals surface area contributed by atoms with Crippen molar-refractivity contribution in [3.05, 3.63) is 29.6 Å². The largest absolute Gasteiger partial charge is 0.297 e. The van der Waals surface area contributed by atoms with Gasteiger partial charge in [0.25, 0.3) is 0 Å². The third kappa shape index (κ3) is 3.64. The molecule has 0 aliphatic rings. The molecule has 0 unspecified atom stereocenters. The van der Waals surface area contributed by atoms with E-state index in [1.54, 1.807) is 0 Å². The van der Waals surface area contributed by atoms with Gasteiger partial charge in [0, 0.05) is 24.7 Å². The van der Waals surface area contributed by atoms with Crippen LogP contribution in [0.25, 0.3) is 0 Å². The summed E-state index contributed by atoms with van der Waals surface area (Å²) in [5.74, 6) is 0.680. The van der Waals surface area contributed by atoms with E-state index >= 15 is 0 Å². The first-order chi connectivity index (χ1) is 6.76. The number of aryl methyl sites for hydroxylation is 1. The average Bonchev–Trinajstić information content (AvgIpc) is 2.17. The summed E-state index contributed by atoms with van der Waals surface area (Å²) in [5, 5.41) is 0. The molecule has 1 aromatic rings. The van der Waals surface area contributed by atoms with Gasteiger partial charge in [-0.2, -0.15) is 0 Å². The van der Waals surface area contributed by atoms with Crippen LogP contribution in [0.5, 0.6) is 0 Å². The molecule has 1 aromatic heterocycles. The lowest BCUT2D eigenvalue weighted by Crippen LogP contribution is -2.25. The van der Waals surface area contributed by atoms with E-state index < -0.39 is 0 Å². The van der Waals surface area contributed by atoms with Gasteiger partial charge in [-0.3, -0.25) is 9.88 Å². The van der Waals surface area contributed by atoms with Crippen LogP contribution in [-0.4, -0.2) is 28.9 Å². The number of nitrogens with zero attached hydrogens (tertiary/aromatic N) is 2. The molecular weight excluding hydrogens is 196 g/mol. The van der Waals surface area contributed by atoms with Gasteiger partial charge in [-0.25, -0.2) is 0 Å². The number of alkyl halides is 1. The zero-order chi connectivity index (χ0) is 10.4. The summed E-state index contributed by atoms with van der Waals surface area (Å²) >= 11 is 5.71.